The summed E-state index contributed by atoms with van der Waals surface area (Å²) in [6, 6.07) is 3.71. The Morgan fingerprint density at radius 3 is 2.39 bits per heavy atom. The smallest absolute Gasteiger partial charge is 0.341 e. The number of hydrogen-bond donors (Lipinski definition) is 2. The van der Waals surface area contributed by atoms with E-state index < -0.39 is 17.2 Å². The number of nitrogens with zero attached hydrogens (tertiary/aromatic N) is 2. The number of carbonyl (C=O) groups is 1. The molecule has 4 rings (SSSR count). The standard InChI is InChI=1S/C21H26FN3O3/c1-3-12-9-24(10-13(4-2)23-12)19-8-18-15(7-17(19)22)20(26)16(21(27)28)11-25(18)14-5-6-14/h7-8,11-14,23H,3-6,9-10H2,1-2H3,(H,27,28). The van der Waals surface area contributed by atoms with Crippen LogP contribution in [0.3, 0.4) is 0 Å². The zero-order valence-electron chi connectivity index (χ0n) is 16.2. The molecule has 28 heavy (non-hydrogen) atoms. The molecule has 2 heterocycles. The first-order valence-electron chi connectivity index (χ1n) is 10.1. The highest BCUT2D eigenvalue weighted by molar-refractivity contribution is 5.93. The topological polar surface area (TPSA) is 74.6 Å². The maximum atomic E-state index is 15.1. The van der Waals surface area contributed by atoms with Crippen molar-refractivity contribution < 1.29 is 14.3 Å². The molecule has 6 nitrogen and oxygen atoms in total. The molecule has 1 aliphatic heterocycles. The van der Waals surface area contributed by atoms with Crippen LogP contribution in [0.15, 0.2) is 23.1 Å². The fraction of sp³-hybridized carbons (Fsp3) is 0.524. The summed E-state index contributed by atoms with van der Waals surface area (Å²) in [6.45, 7) is 5.64. The second-order valence-corrected chi connectivity index (χ2v) is 7.92. The van der Waals surface area contributed by atoms with Crippen LogP contribution in [-0.2, 0) is 0 Å². The maximum absolute atomic E-state index is 15.1. The number of aromatic carboxylic acids is 1. The predicted octanol–water partition coefficient (Wildman–Crippen LogP) is 3.14. The SMILES string of the molecule is CCC1CN(c2cc3c(cc2F)c(=O)c(C(=O)O)cn3C2CC2)CC(CC)N1. The van der Waals surface area contributed by atoms with Gasteiger partial charge in [0, 0.05) is 42.8 Å². The van der Waals surface area contributed by atoms with Crippen LogP contribution >= 0.6 is 0 Å². The summed E-state index contributed by atoms with van der Waals surface area (Å²) in [5.41, 5.74) is 0.185. The van der Waals surface area contributed by atoms with Gasteiger partial charge in [-0.25, -0.2) is 9.18 Å². The summed E-state index contributed by atoms with van der Waals surface area (Å²) >= 11 is 0. The number of rotatable bonds is 5. The Balaban J connectivity index is 1.86. The second-order valence-electron chi connectivity index (χ2n) is 7.92. The number of nitrogens with one attached hydrogen (secondary N) is 1. The Kier molecular flexibility index (Phi) is 4.87. The van der Waals surface area contributed by atoms with Gasteiger partial charge in [0.2, 0.25) is 5.43 Å². The average molecular weight is 387 g/mol. The van der Waals surface area contributed by atoms with E-state index in [4.69, 9.17) is 0 Å². The molecule has 2 atom stereocenters. The Morgan fingerprint density at radius 1 is 1.21 bits per heavy atom. The number of piperazine rings is 1. The number of carboxylic acid groups (broad SMARTS) is 1. The van der Waals surface area contributed by atoms with Crippen LogP contribution in [-0.4, -0.2) is 40.8 Å². The summed E-state index contributed by atoms with van der Waals surface area (Å²) in [5.74, 6) is -1.74. The van der Waals surface area contributed by atoms with Crippen LogP contribution in [0.5, 0.6) is 0 Å². The third-order valence-corrected chi connectivity index (χ3v) is 5.95. The van der Waals surface area contributed by atoms with Gasteiger partial charge in [0.15, 0.2) is 0 Å². The number of anilines is 1. The largest absolute Gasteiger partial charge is 0.477 e. The molecule has 0 bridgehead atoms. The van der Waals surface area contributed by atoms with Gasteiger partial charge in [0.25, 0.3) is 0 Å². The molecule has 2 unspecified atom stereocenters. The molecule has 0 amide bonds. The predicted molar refractivity (Wildman–Crippen MR) is 107 cm³/mol. The van der Waals surface area contributed by atoms with E-state index in [9.17, 15) is 14.7 Å². The summed E-state index contributed by atoms with van der Waals surface area (Å²) < 4.78 is 16.9. The van der Waals surface area contributed by atoms with Crippen molar-refractivity contribution in [2.24, 2.45) is 0 Å². The summed E-state index contributed by atoms with van der Waals surface area (Å²) in [7, 11) is 0. The lowest BCUT2D eigenvalue weighted by Crippen LogP contribution is -2.56. The molecule has 150 valence electrons. The number of hydrogen-bond acceptors (Lipinski definition) is 4. The summed E-state index contributed by atoms with van der Waals surface area (Å²) in [6.07, 6.45) is 5.21. The second kappa shape index (κ2) is 7.20. The minimum atomic E-state index is -1.27. The number of carboxylic acids is 1. The zero-order valence-corrected chi connectivity index (χ0v) is 16.2. The molecule has 7 heteroatoms. The Labute approximate surface area is 163 Å². The van der Waals surface area contributed by atoms with Gasteiger partial charge in [0.05, 0.1) is 11.2 Å². The molecule has 1 saturated carbocycles. The van der Waals surface area contributed by atoms with E-state index in [1.807, 2.05) is 4.57 Å². The summed E-state index contributed by atoms with van der Waals surface area (Å²) in [5, 5.41) is 13.1. The van der Waals surface area contributed by atoms with Crippen molar-refractivity contribution in [1.82, 2.24) is 9.88 Å². The first kappa shape index (κ1) is 18.9. The third kappa shape index (κ3) is 3.28. The van der Waals surface area contributed by atoms with Crippen molar-refractivity contribution in [2.45, 2.75) is 57.7 Å². The van der Waals surface area contributed by atoms with Crippen LogP contribution in [0.4, 0.5) is 10.1 Å². The molecule has 1 aliphatic carbocycles. The van der Waals surface area contributed by atoms with Gasteiger partial charge < -0.3 is 19.9 Å². The lowest BCUT2D eigenvalue weighted by molar-refractivity contribution is 0.0695. The van der Waals surface area contributed by atoms with Crippen molar-refractivity contribution in [3.05, 3.63) is 39.9 Å². The van der Waals surface area contributed by atoms with Crippen molar-refractivity contribution in [3.63, 3.8) is 0 Å². The monoisotopic (exact) mass is 387 g/mol. The highest BCUT2D eigenvalue weighted by Crippen LogP contribution is 2.38. The molecule has 2 aromatic rings. The number of fused-ring (bicyclic) bond motifs is 1. The van der Waals surface area contributed by atoms with E-state index in [0.29, 0.717) is 24.3 Å². The molecule has 0 radical (unpaired) electrons. The van der Waals surface area contributed by atoms with Crippen LogP contribution in [0, 0.1) is 5.82 Å². The minimum Gasteiger partial charge on any atom is -0.477 e. The molecule has 2 fully saturated rings. The van der Waals surface area contributed by atoms with Gasteiger partial charge in [-0.2, -0.15) is 0 Å². The molecule has 1 aromatic carbocycles. The molecule has 2 aliphatic rings. The normalized spacial score (nSPS) is 22.6. The fourth-order valence-corrected chi connectivity index (χ4v) is 4.14. The van der Waals surface area contributed by atoms with Crippen molar-refractivity contribution in [1.29, 1.82) is 0 Å². The molecule has 1 aromatic heterocycles. The van der Waals surface area contributed by atoms with Gasteiger partial charge in [-0.1, -0.05) is 13.8 Å². The van der Waals surface area contributed by atoms with Gasteiger partial charge in [-0.05, 0) is 37.8 Å². The van der Waals surface area contributed by atoms with E-state index >= 15 is 4.39 Å². The molecular weight excluding hydrogens is 361 g/mol. The Morgan fingerprint density at radius 2 is 1.86 bits per heavy atom. The average Bonchev–Trinajstić information content (AvgIpc) is 3.52. The van der Waals surface area contributed by atoms with Crippen LogP contribution < -0.4 is 15.6 Å². The lowest BCUT2D eigenvalue weighted by Gasteiger charge is -2.40. The van der Waals surface area contributed by atoms with E-state index in [2.05, 4.69) is 24.1 Å². The van der Waals surface area contributed by atoms with Crippen molar-refractivity contribution in [3.8, 4) is 0 Å². The minimum absolute atomic E-state index is 0.141. The number of aromatic nitrogens is 1. The van der Waals surface area contributed by atoms with Gasteiger partial charge in [0.1, 0.15) is 11.4 Å². The fourth-order valence-electron chi connectivity index (χ4n) is 4.14. The number of benzene rings is 1. The van der Waals surface area contributed by atoms with Crippen LogP contribution in [0.2, 0.25) is 0 Å². The highest BCUT2D eigenvalue weighted by atomic mass is 19.1. The highest BCUT2D eigenvalue weighted by Gasteiger charge is 2.30. The Hall–Kier alpha value is -2.41. The third-order valence-electron chi connectivity index (χ3n) is 5.95. The summed E-state index contributed by atoms with van der Waals surface area (Å²) in [4.78, 5) is 26.1. The maximum Gasteiger partial charge on any atom is 0.341 e. The molecular formula is C21H26FN3O3. The van der Waals surface area contributed by atoms with E-state index in [1.165, 1.54) is 12.3 Å². The molecule has 1 saturated heterocycles. The quantitative estimate of drug-likeness (QED) is 0.825. The van der Waals surface area contributed by atoms with Gasteiger partial charge >= 0.3 is 5.97 Å². The first-order chi connectivity index (χ1) is 13.4. The first-order valence-corrected chi connectivity index (χ1v) is 10.1. The van der Waals surface area contributed by atoms with Crippen LogP contribution in [0.1, 0.15) is 55.9 Å². The van der Waals surface area contributed by atoms with E-state index in [1.54, 1.807) is 6.07 Å². The zero-order chi connectivity index (χ0) is 20.0. The van der Waals surface area contributed by atoms with Crippen LogP contribution in [0.25, 0.3) is 10.9 Å². The van der Waals surface area contributed by atoms with Crippen molar-refractivity contribution in [2.75, 3.05) is 18.0 Å². The van der Waals surface area contributed by atoms with E-state index in [-0.39, 0.29) is 29.1 Å². The molecule has 0 spiro atoms. The number of pyridine rings is 1. The lowest BCUT2D eigenvalue weighted by atomic mass is 10.0. The van der Waals surface area contributed by atoms with Gasteiger partial charge in [-0.3, -0.25) is 4.79 Å². The van der Waals surface area contributed by atoms with Crippen molar-refractivity contribution >= 4 is 22.6 Å². The van der Waals surface area contributed by atoms with Gasteiger partial charge in [-0.15, -0.1) is 0 Å². The number of halogens is 1. The molecule has 2 N–H and O–H groups in total. The Bertz CT molecular complexity index is 971. The van der Waals surface area contributed by atoms with E-state index in [0.717, 1.165) is 25.7 Å².